The van der Waals surface area contributed by atoms with Crippen molar-refractivity contribution in [2.75, 3.05) is 11.9 Å². The summed E-state index contributed by atoms with van der Waals surface area (Å²) in [5.41, 5.74) is 2.23. The lowest BCUT2D eigenvalue weighted by Crippen LogP contribution is -1.94. The second kappa shape index (κ2) is 4.35. The van der Waals surface area contributed by atoms with Crippen LogP contribution in [-0.4, -0.2) is 21.7 Å². The van der Waals surface area contributed by atoms with Crippen LogP contribution in [0.1, 0.15) is 12.5 Å². The molecule has 2 heterocycles. The van der Waals surface area contributed by atoms with Crippen molar-refractivity contribution in [3.63, 3.8) is 0 Å². The van der Waals surface area contributed by atoms with Gasteiger partial charge in [-0.15, -0.1) is 10.2 Å². The molecule has 0 bridgehead atoms. The van der Waals surface area contributed by atoms with E-state index in [1.165, 1.54) is 0 Å². The summed E-state index contributed by atoms with van der Waals surface area (Å²) in [5.74, 6) is 0. The van der Waals surface area contributed by atoms with E-state index in [1.807, 2.05) is 26.1 Å². The van der Waals surface area contributed by atoms with Gasteiger partial charge in [0.15, 0.2) is 0 Å². The number of hydrogen-bond acceptors (Lipinski definition) is 5. The molecule has 0 unspecified atom stereocenters. The van der Waals surface area contributed by atoms with Gasteiger partial charge in [-0.05, 0) is 25.5 Å². The van der Waals surface area contributed by atoms with Crippen molar-refractivity contribution in [2.24, 2.45) is 0 Å². The molecular formula is C10H12N4S. The van der Waals surface area contributed by atoms with Gasteiger partial charge in [-0.1, -0.05) is 11.3 Å². The van der Waals surface area contributed by atoms with Crippen LogP contribution in [0.25, 0.3) is 10.6 Å². The first kappa shape index (κ1) is 10.0. The van der Waals surface area contributed by atoms with Crippen LogP contribution in [0.2, 0.25) is 0 Å². The highest BCUT2D eigenvalue weighted by Gasteiger charge is 2.07. The average Bonchev–Trinajstić information content (AvgIpc) is 2.68. The summed E-state index contributed by atoms with van der Waals surface area (Å²) in [5, 5.41) is 13.2. The molecule has 0 saturated heterocycles. The Bertz CT molecular complexity index is 452. The van der Waals surface area contributed by atoms with Gasteiger partial charge in [0, 0.05) is 24.5 Å². The van der Waals surface area contributed by atoms with Gasteiger partial charge < -0.3 is 5.32 Å². The highest BCUT2D eigenvalue weighted by molar-refractivity contribution is 7.18. The Morgan fingerprint density at radius 1 is 1.40 bits per heavy atom. The highest BCUT2D eigenvalue weighted by Crippen LogP contribution is 2.27. The average molecular weight is 220 g/mol. The molecule has 0 aliphatic rings. The van der Waals surface area contributed by atoms with Crippen molar-refractivity contribution < 1.29 is 0 Å². The molecule has 1 N–H and O–H groups in total. The van der Waals surface area contributed by atoms with Crippen molar-refractivity contribution >= 4 is 16.5 Å². The summed E-state index contributed by atoms with van der Waals surface area (Å²) in [6, 6.07) is 1.96. The molecule has 78 valence electrons. The molecule has 2 aromatic rings. The third-order valence-corrected chi connectivity index (χ3v) is 2.92. The van der Waals surface area contributed by atoms with Crippen molar-refractivity contribution in [3.8, 4) is 10.6 Å². The molecule has 0 aliphatic carbocycles. The lowest BCUT2D eigenvalue weighted by molar-refractivity contribution is 1.07. The van der Waals surface area contributed by atoms with Gasteiger partial charge in [0.05, 0.1) is 0 Å². The summed E-state index contributed by atoms with van der Waals surface area (Å²) in [6.45, 7) is 4.93. The minimum Gasteiger partial charge on any atom is -0.360 e. The van der Waals surface area contributed by atoms with Crippen LogP contribution in [-0.2, 0) is 0 Å². The van der Waals surface area contributed by atoms with Gasteiger partial charge >= 0.3 is 0 Å². The summed E-state index contributed by atoms with van der Waals surface area (Å²) >= 11 is 1.56. The fourth-order valence-electron chi connectivity index (χ4n) is 1.27. The first-order valence-electron chi connectivity index (χ1n) is 4.79. The molecule has 2 rings (SSSR count). The monoisotopic (exact) mass is 220 g/mol. The number of aryl methyl sites for hydroxylation is 1. The number of nitrogens with one attached hydrogen (secondary N) is 1. The Labute approximate surface area is 92.4 Å². The van der Waals surface area contributed by atoms with E-state index < -0.39 is 0 Å². The van der Waals surface area contributed by atoms with E-state index in [4.69, 9.17) is 0 Å². The molecule has 0 saturated carbocycles. The first-order chi connectivity index (χ1) is 7.31. The predicted molar refractivity (Wildman–Crippen MR) is 62.0 cm³/mol. The molecule has 0 aromatic carbocycles. The number of nitrogens with zero attached hydrogens (tertiary/aromatic N) is 3. The van der Waals surface area contributed by atoms with E-state index in [-0.39, 0.29) is 0 Å². The maximum absolute atomic E-state index is 4.14. The number of rotatable bonds is 3. The van der Waals surface area contributed by atoms with Gasteiger partial charge in [-0.2, -0.15) is 0 Å². The van der Waals surface area contributed by atoms with Crippen LogP contribution >= 0.6 is 11.3 Å². The Hall–Kier alpha value is -1.49. The summed E-state index contributed by atoms with van der Waals surface area (Å²) in [4.78, 5) is 4.05. The molecule has 0 aliphatic heterocycles. The molecule has 0 radical (unpaired) electrons. The summed E-state index contributed by atoms with van der Waals surface area (Å²) in [6.07, 6.45) is 3.61. The molecule has 0 atom stereocenters. The fraction of sp³-hybridized carbons (Fsp3) is 0.300. The van der Waals surface area contributed by atoms with Crippen molar-refractivity contribution in [2.45, 2.75) is 13.8 Å². The van der Waals surface area contributed by atoms with Crippen LogP contribution < -0.4 is 5.32 Å². The molecule has 0 amide bonds. The Balaban J connectivity index is 2.33. The largest absolute Gasteiger partial charge is 0.360 e. The van der Waals surface area contributed by atoms with Crippen LogP contribution in [0.5, 0.6) is 0 Å². The maximum atomic E-state index is 4.14. The fourth-order valence-corrected chi connectivity index (χ4v) is 2.17. The smallest absolute Gasteiger partial charge is 0.205 e. The van der Waals surface area contributed by atoms with E-state index >= 15 is 0 Å². The quantitative estimate of drug-likeness (QED) is 0.862. The lowest BCUT2D eigenvalue weighted by Gasteiger charge is -1.98. The zero-order valence-corrected chi connectivity index (χ0v) is 9.51. The second-order valence-electron chi connectivity index (χ2n) is 3.13. The Morgan fingerprint density at radius 3 is 3.00 bits per heavy atom. The zero-order valence-electron chi connectivity index (χ0n) is 8.69. The second-order valence-corrected chi connectivity index (χ2v) is 4.11. The van der Waals surface area contributed by atoms with Crippen LogP contribution in [0.4, 0.5) is 5.13 Å². The van der Waals surface area contributed by atoms with Crippen LogP contribution in [0, 0.1) is 6.92 Å². The molecule has 5 heteroatoms. The number of anilines is 1. The van der Waals surface area contributed by atoms with Crippen LogP contribution in [0.3, 0.4) is 0 Å². The van der Waals surface area contributed by atoms with Gasteiger partial charge in [0.25, 0.3) is 0 Å². The first-order valence-corrected chi connectivity index (χ1v) is 5.61. The van der Waals surface area contributed by atoms with E-state index in [9.17, 15) is 0 Å². The van der Waals surface area contributed by atoms with Gasteiger partial charge in [-0.3, -0.25) is 4.98 Å². The SMILES string of the molecule is CCNc1nnc(-c2ccncc2C)s1. The van der Waals surface area contributed by atoms with E-state index in [0.29, 0.717) is 0 Å². The van der Waals surface area contributed by atoms with Crippen molar-refractivity contribution in [3.05, 3.63) is 24.0 Å². The summed E-state index contributed by atoms with van der Waals surface area (Å²) in [7, 11) is 0. The summed E-state index contributed by atoms with van der Waals surface area (Å²) < 4.78 is 0. The number of pyridine rings is 1. The molecule has 15 heavy (non-hydrogen) atoms. The van der Waals surface area contributed by atoms with Gasteiger partial charge in [0.1, 0.15) is 5.01 Å². The third kappa shape index (κ3) is 2.12. The standard InChI is InChI=1S/C10H12N4S/c1-3-12-10-14-13-9(15-10)8-4-5-11-6-7(8)2/h4-6H,3H2,1-2H3,(H,12,14). The van der Waals surface area contributed by atoms with Crippen LogP contribution in [0.15, 0.2) is 18.5 Å². The van der Waals surface area contributed by atoms with E-state index in [1.54, 1.807) is 17.5 Å². The van der Waals surface area contributed by atoms with E-state index in [0.717, 1.165) is 27.8 Å². The minimum atomic E-state index is 0.865. The zero-order chi connectivity index (χ0) is 10.7. The highest BCUT2D eigenvalue weighted by atomic mass is 32.1. The van der Waals surface area contributed by atoms with E-state index in [2.05, 4.69) is 20.5 Å². The third-order valence-electron chi connectivity index (χ3n) is 2.00. The molecule has 2 aromatic heterocycles. The molecule has 0 fully saturated rings. The van der Waals surface area contributed by atoms with Crippen molar-refractivity contribution in [1.29, 1.82) is 0 Å². The molecule has 4 nitrogen and oxygen atoms in total. The Morgan fingerprint density at radius 2 is 2.27 bits per heavy atom. The number of aromatic nitrogens is 3. The predicted octanol–water partition coefficient (Wildman–Crippen LogP) is 2.34. The Kier molecular flexibility index (Phi) is 2.91. The normalized spacial score (nSPS) is 10.3. The lowest BCUT2D eigenvalue weighted by atomic mass is 10.2. The van der Waals surface area contributed by atoms with Gasteiger partial charge in [-0.25, -0.2) is 0 Å². The topological polar surface area (TPSA) is 50.7 Å². The van der Waals surface area contributed by atoms with Crippen molar-refractivity contribution in [1.82, 2.24) is 15.2 Å². The minimum absolute atomic E-state index is 0.865. The molecule has 0 spiro atoms. The maximum Gasteiger partial charge on any atom is 0.205 e. The molecular weight excluding hydrogens is 208 g/mol. The van der Waals surface area contributed by atoms with Gasteiger partial charge in [0.2, 0.25) is 5.13 Å². The number of hydrogen-bond donors (Lipinski definition) is 1.